The van der Waals surface area contributed by atoms with Crippen molar-refractivity contribution in [2.45, 2.75) is 20.0 Å². The molecule has 2 aromatic rings. The molecule has 29 heavy (non-hydrogen) atoms. The number of benzene rings is 2. The zero-order chi connectivity index (χ0) is 20.5. The quantitative estimate of drug-likeness (QED) is 0.319. The number of nitrogens with one attached hydrogen (secondary N) is 2. The van der Waals surface area contributed by atoms with Gasteiger partial charge in [-0.2, -0.15) is 0 Å². The molecular weight excluding hydrogens is 485 g/mol. The maximum atomic E-state index is 5.47. The molecule has 0 aliphatic rings. The van der Waals surface area contributed by atoms with Crippen molar-refractivity contribution in [1.82, 2.24) is 10.6 Å². The third-order valence-electron chi connectivity index (χ3n) is 4.35. The summed E-state index contributed by atoms with van der Waals surface area (Å²) in [5, 5.41) is 6.59. The second-order valence-corrected chi connectivity index (χ2v) is 6.11. The molecule has 2 aromatic carbocycles. The van der Waals surface area contributed by atoms with Gasteiger partial charge in [0, 0.05) is 37.3 Å². The molecule has 0 spiro atoms. The zero-order valence-corrected chi connectivity index (χ0v) is 20.1. The number of ether oxygens (including phenoxy) is 4. The average Bonchev–Trinajstić information content (AvgIpc) is 2.73. The maximum Gasteiger partial charge on any atom is 0.191 e. The van der Waals surface area contributed by atoms with Gasteiger partial charge in [0.1, 0.15) is 11.5 Å². The van der Waals surface area contributed by atoms with Crippen molar-refractivity contribution in [1.29, 1.82) is 0 Å². The predicted molar refractivity (Wildman–Crippen MR) is 126 cm³/mol. The minimum atomic E-state index is 0. The Balaban J connectivity index is 0.00000420. The van der Waals surface area contributed by atoms with E-state index in [1.807, 2.05) is 31.2 Å². The van der Waals surface area contributed by atoms with Crippen molar-refractivity contribution < 1.29 is 18.9 Å². The average molecular weight is 515 g/mol. The van der Waals surface area contributed by atoms with E-state index in [0.717, 1.165) is 22.4 Å². The van der Waals surface area contributed by atoms with E-state index in [0.29, 0.717) is 36.3 Å². The molecule has 2 N–H and O–H groups in total. The number of halogens is 1. The van der Waals surface area contributed by atoms with Crippen LogP contribution in [-0.4, -0.2) is 41.4 Å². The van der Waals surface area contributed by atoms with Crippen LogP contribution in [0, 0.1) is 6.92 Å². The van der Waals surface area contributed by atoms with Gasteiger partial charge in [0.25, 0.3) is 0 Å². The van der Waals surface area contributed by atoms with E-state index in [4.69, 9.17) is 18.9 Å². The van der Waals surface area contributed by atoms with Crippen molar-refractivity contribution in [2.24, 2.45) is 4.99 Å². The first kappa shape index (κ1) is 24.7. The Hall–Kier alpha value is -2.36. The molecule has 7 nitrogen and oxygen atoms in total. The third kappa shape index (κ3) is 6.59. The van der Waals surface area contributed by atoms with Crippen molar-refractivity contribution in [3.05, 3.63) is 47.0 Å². The highest BCUT2D eigenvalue weighted by molar-refractivity contribution is 14.0. The zero-order valence-electron chi connectivity index (χ0n) is 17.8. The van der Waals surface area contributed by atoms with Crippen LogP contribution in [0.3, 0.4) is 0 Å². The van der Waals surface area contributed by atoms with Gasteiger partial charge >= 0.3 is 0 Å². The standard InChI is InChI=1S/C21H29N3O4.HI/c1-14-7-8-15(17(9-14)25-3)12-23-21(22-2)24-13-16-10-19(27-5)20(28-6)11-18(16)26-4;/h7-11H,12-13H2,1-6H3,(H2,22,23,24);1H. The van der Waals surface area contributed by atoms with Crippen molar-refractivity contribution >= 4 is 29.9 Å². The van der Waals surface area contributed by atoms with Crippen LogP contribution >= 0.6 is 24.0 Å². The topological polar surface area (TPSA) is 73.3 Å². The van der Waals surface area contributed by atoms with Gasteiger partial charge in [0.05, 0.1) is 28.4 Å². The number of hydrogen-bond donors (Lipinski definition) is 2. The van der Waals surface area contributed by atoms with E-state index in [9.17, 15) is 0 Å². The van der Waals surface area contributed by atoms with E-state index in [1.165, 1.54) is 0 Å². The number of aliphatic imine (C=N–C) groups is 1. The lowest BCUT2D eigenvalue weighted by molar-refractivity contribution is 0.347. The van der Waals surface area contributed by atoms with E-state index in [-0.39, 0.29) is 24.0 Å². The number of aryl methyl sites for hydroxylation is 1. The van der Waals surface area contributed by atoms with Gasteiger partial charge in [-0.1, -0.05) is 12.1 Å². The Morgan fingerprint density at radius 3 is 1.83 bits per heavy atom. The van der Waals surface area contributed by atoms with Crippen LogP contribution in [0.4, 0.5) is 0 Å². The molecule has 0 aliphatic carbocycles. The van der Waals surface area contributed by atoms with Crippen LogP contribution in [0.15, 0.2) is 35.3 Å². The van der Waals surface area contributed by atoms with E-state index < -0.39 is 0 Å². The summed E-state index contributed by atoms with van der Waals surface area (Å²) in [6.07, 6.45) is 0. The molecule has 160 valence electrons. The van der Waals surface area contributed by atoms with E-state index >= 15 is 0 Å². The lowest BCUT2D eigenvalue weighted by Crippen LogP contribution is -2.36. The van der Waals surface area contributed by atoms with Crippen LogP contribution in [0.25, 0.3) is 0 Å². The van der Waals surface area contributed by atoms with Gasteiger partial charge < -0.3 is 29.6 Å². The van der Waals surface area contributed by atoms with Crippen molar-refractivity contribution in [3.63, 3.8) is 0 Å². The molecule has 0 radical (unpaired) electrons. The summed E-state index contributed by atoms with van der Waals surface area (Å²) in [6.45, 7) is 3.14. The second-order valence-electron chi connectivity index (χ2n) is 6.11. The number of rotatable bonds is 8. The van der Waals surface area contributed by atoms with E-state index in [2.05, 4.69) is 21.7 Å². The Morgan fingerprint density at radius 1 is 0.759 bits per heavy atom. The number of nitrogens with zero attached hydrogens (tertiary/aromatic N) is 1. The maximum absolute atomic E-state index is 5.47. The fraction of sp³-hybridized carbons (Fsp3) is 0.381. The Kier molecular flexibility index (Phi) is 10.4. The molecule has 0 aromatic heterocycles. The first-order valence-electron chi connectivity index (χ1n) is 8.93. The summed E-state index contributed by atoms with van der Waals surface area (Å²) >= 11 is 0. The summed E-state index contributed by atoms with van der Waals surface area (Å²) in [5.41, 5.74) is 3.14. The highest BCUT2D eigenvalue weighted by atomic mass is 127. The van der Waals surface area contributed by atoms with Crippen LogP contribution in [0.5, 0.6) is 23.0 Å². The molecule has 0 fully saturated rings. The second kappa shape index (κ2) is 12.3. The number of guanidine groups is 1. The summed E-state index contributed by atoms with van der Waals surface area (Å²) < 4.78 is 21.6. The Bertz CT molecular complexity index is 828. The van der Waals surface area contributed by atoms with Crippen LogP contribution in [0.2, 0.25) is 0 Å². The summed E-state index contributed by atoms with van der Waals surface area (Å²) in [7, 11) is 8.24. The van der Waals surface area contributed by atoms with E-state index in [1.54, 1.807) is 35.5 Å². The number of hydrogen-bond acceptors (Lipinski definition) is 5. The lowest BCUT2D eigenvalue weighted by atomic mass is 10.1. The summed E-state index contributed by atoms with van der Waals surface area (Å²) in [6, 6.07) is 9.82. The molecule has 0 saturated carbocycles. The molecule has 0 heterocycles. The van der Waals surface area contributed by atoms with Crippen molar-refractivity contribution in [2.75, 3.05) is 35.5 Å². The van der Waals surface area contributed by atoms with Gasteiger partial charge in [-0.05, 0) is 24.6 Å². The molecule has 0 atom stereocenters. The molecule has 8 heteroatoms. The molecule has 0 bridgehead atoms. The van der Waals surface area contributed by atoms with Crippen molar-refractivity contribution in [3.8, 4) is 23.0 Å². The largest absolute Gasteiger partial charge is 0.496 e. The SMILES string of the molecule is CN=C(NCc1ccc(C)cc1OC)NCc1cc(OC)c(OC)cc1OC.I. The lowest BCUT2D eigenvalue weighted by Gasteiger charge is -2.17. The highest BCUT2D eigenvalue weighted by Crippen LogP contribution is 2.34. The van der Waals surface area contributed by atoms with Gasteiger partial charge in [0.2, 0.25) is 0 Å². The normalized spacial score (nSPS) is 10.6. The van der Waals surface area contributed by atoms with Gasteiger partial charge in [-0.25, -0.2) is 0 Å². The first-order valence-corrected chi connectivity index (χ1v) is 8.93. The van der Waals surface area contributed by atoms with Gasteiger partial charge in [-0.15, -0.1) is 24.0 Å². The molecule has 0 amide bonds. The third-order valence-corrected chi connectivity index (χ3v) is 4.35. The molecule has 0 aliphatic heterocycles. The highest BCUT2D eigenvalue weighted by Gasteiger charge is 2.12. The molecule has 0 saturated heterocycles. The van der Waals surface area contributed by atoms with Crippen LogP contribution in [0.1, 0.15) is 16.7 Å². The van der Waals surface area contributed by atoms with Gasteiger partial charge in [-0.3, -0.25) is 4.99 Å². The summed E-state index contributed by atoms with van der Waals surface area (Å²) in [4.78, 5) is 4.28. The Labute approximate surface area is 189 Å². The van der Waals surface area contributed by atoms with Crippen LogP contribution in [-0.2, 0) is 13.1 Å². The smallest absolute Gasteiger partial charge is 0.191 e. The molecule has 2 rings (SSSR count). The fourth-order valence-electron chi connectivity index (χ4n) is 2.81. The number of methoxy groups -OCH3 is 4. The monoisotopic (exact) mass is 515 g/mol. The predicted octanol–water partition coefficient (Wildman–Crippen LogP) is 3.51. The minimum Gasteiger partial charge on any atom is -0.496 e. The Morgan fingerprint density at radius 2 is 1.28 bits per heavy atom. The minimum absolute atomic E-state index is 0. The summed E-state index contributed by atoms with van der Waals surface area (Å²) in [5.74, 6) is 3.49. The van der Waals surface area contributed by atoms with Crippen LogP contribution < -0.4 is 29.6 Å². The molecule has 0 unspecified atom stereocenters. The van der Waals surface area contributed by atoms with Gasteiger partial charge in [0.15, 0.2) is 17.5 Å². The molecular formula is C21H30IN3O4. The first-order chi connectivity index (χ1) is 13.6. The fourth-order valence-corrected chi connectivity index (χ4v) is 2.81.